The minimum absolute atomic E-state index is 0.0736. The standard InChI is InChI=1S/C21H30O2/c1-20(2)12-7-13-21(3)17(18(22)10-11-19(20)21)15-23-14-16-8-5-4-6-9-16/h4-6,8-9,17,19H,7,10-15H2,1-3H3. The minimum Gasteiger partial charge on any atom is -0.376 e. The molecular formula is C21H30O2. The maximum absolute atomic E-state index is 12.6. The molecule has 0 bridgehead atoms. The van der Waals surface area contributed by atoms with Crippen molar-refractivity contribution in [2.75, 3.05) is 6.61 Å². The second-order valence-electron chi connectivity index (χ2n) is 8.46. The summed E-state index contributed by atoms with van der Waals surface area (Å²) in [6, 6.07) is 10.2. The molecule has 0 aliphatic heterocycles. The van der Waals surface area contributed by atoms with Gasteiger partial charge in [0.05, 0.1) is 13.2 Å². The molecule has 2 saturated carbocycles. The highest BCUT2D eigenvalue weighted by molar-refractivity contribution is 5.83. The summed E-state index contributed by atoms with van der Waals surface area (Å²) in [5.74, 6) is 1.14. The summed E-state index contributed by atoms with van der Waals surface area (Å²) in [5, 5.41) is 0. The molecule has 2 fully saturated rings. The van der Waals surface area contributed by atoms with Crippen LogP contribution in [-0.4, -0.2) is 12.4 Å². The van der Waals surface area contributed by atoms with Gasteiger partial charge in [-0.2, -0.15) is 0 Å². The van der Waals surface area contributed by atoms with E-state index < -0.39 is 0 Å². The van der Waals surface area contributed by atoms with Gasteiger partial charge >= 0.3 is 0 Å². The van der Waals surface area contributed by atoms with E-state index in [1.54, 1.807) is 0 Å². The molecule has 2 aliphatic carbocycles. The first-order valence-electron chi connectivity index (χ1n) is 9.08. The third kappa shape index (κ3) is 3.24. The molecule has 0 N–H and O–H groups in total. The lowest BCUT2D eigenvalue weighted by molar-refractivity contribution is -0.149. The molecule has 3 atom stereocenters. The fourth-order valence-electron chi connectivity index (χ4n) is 5.28. The van der Waals surface area contributed by atoms with Crippen LogP contribution in [0.4, 0.5) is 0 Å². The van der Waals surface area contributed by atoms with Gasteiger partial charge in [0.25, 0.3) is 0 Å². The highest BCUT2D eigenvalue weighted by Gasteiger charge is 2.54. The normalized spacial score (nSPS) is 33.3. The van der Waals surface area contributed by atoms with Crippen LogP contribution in [0.5, 0.6) is 0 Å². The first kappa shape index (κ1) is 16.7. The van der Waals surface area contributed by atoms with Crippen molar-refractivity contribution in [1.82, 2.24) is 0 Å². The summed E-state index contributed by atoms with van der Waals surface area (Å²) in [6.45, 7) is 8.33. The average molecular weight is 314 g/mol. The van der Waals surface area contributed by atoms with Crippen molar-refractivity contribution < 1.29 is 9.53 Å². The fourth-order valence-corrected chi connectivity index (χ4v) is 5.28. The maximum atomic E-state index is 12.6. The summed E-state index contributed by atoms with van der Waals surface area (Å²) in [7, 11) is 0. The Kier molecular flexibility index (Phi) is 4.64. The van der Waals surface area contributed by atoms with Crippen LogP contribution < -0.4 is 0 Å². The fraction of sp³-hybridized carbons (Fsp3) is 0.667. The Bertz CT molecular complexity index is 548. The third-order valence-corrected chi connectivity index (χ3v) is 6.54. The van der Waals surface area contributed by atoms with Crippen molar-refractivity contribution in [3.63, 3.8) is 0 Å². The first-order valence-corrected chi connectivity index (χ1v) is 9.08. The molecule has 3 rings (SSSR count). The molecule has 0 spiro atoms. The molecule has 1 aromatic carbocycles. The summed E-state index contributed by atoms with van der Waals surface area (Å²) < 4.78 is 5.99. The highest BCUT2D eigenvalue weighted by Crippen LogP contribution is 2.58. The molecule has 23 heavy (non-hydrogen) atoms. The Balaban J connectivity index is 1.70. The molecule has 126 valence electrons. The van der Waals surface area contributed by atoms with Crippen molar-refractivity contribution in [2.24, 2.45) is 22.7 Å². The molecule has 2 nitrogen and oxygen atoms in total. The number of carbonyl (C=O) groups is 1. The van der Waals surface area contributed by atoms with Gasteiger partial charge in [-0.1, -0.05) is 57.5 Å². The van der Waals surface area contributed by atoms with Gasteiger partial charge in [-0.15, -0.1) is 0 Å². The molecule has 0 heterocycles. The Morgan fingerprint density at radius 3 is 2.61 bits per heavy atom. The third-order valence-electron chi connectivity index (χ3n) is 6.54. The van der Waals surface area contributed by atoms with Gasteiger partial charge in [0.2, 0.25) is 0 Å². The van der Waals surface area contributed by atoms with Crippen molar-refractivity contribution >= 4 is 5.78 Å². The minimum atomic E-state index is 0.0736. The van der Waals surface area contributed by atoms with Gasteiger partial charge < -0.3 is 4.74 Å². The molecule has 0 aromatic heterocycles. The number of Topliss-reactive ketones (excluding diaryl/α,β-unsaturated/α-hetero) is 1. The van der Waals surface area contributed by atoms with Crippen LogP contribution in [0.2, 0.25) is 0 Å². The van der Waals surface area contributed by atoms with Crippen LogP contribution in [0.15, 0.2) is 30.3 Å². The van der Waals surface area contributed by atoms with Crippen LogP contribution in [0, 0.1) is 22.7 Å². The predicted molar refractivity (Wildman–Crippen MR) is 93.1 cm³/mol. The number of rotatable bonds is 4. The Labute approximate surface area is 140 Å². The number of carbonyl (C=O) groups excluding carboxylic acids is 1. The van der Waals surface area contributed by atoms with E-state index >= 15 is 0 Å². The number of ether oxygens (including phenoxy) is 1. The van der Waals surface area contributed by atoms with E-state index in [0.29, 0.717) is 30.3 Å². The van der Waals surface area contributed by atoms with E-state index in [4.69, 9.17) is 4.74 Å². The van der Waals surface area contributed by atoms with E-state index in [9.17, 15) is 4.79 Å². The highest BCUT2D eigenvalue weighted by atomic mass is 16.5. The summed E-state index contributed by atoms with van der Waals surface area (Å²) in [5.41, 5.74) is 1.65. The number of hydrogen-bond acceptors (Lipinski definition) is 2. The van der Waals surface area contributed by atoms with Crippen molar-refractivity contribution in [3.8, 4) is 0 Å². The van der Waals surface area contributed by atoms with Gasteiger partial charge in [-0.25, -0.2) is 0 Å². The van der Waals surface area contributed by atoms with E-state index in [1.807, 2.05) is 18.2 Å². The lowest BCUT2D eigenvalue weighted by Crippen LogP contribution is -2.53. The zero-order valence-corrected chi connectivity index (χ0v) is 14.8. The summed E-state index contributed by atoms with van der Waals surface area (Å²) in [6.07, 6.45) is 5.51. The predicted octanol–water partition coefficient (Wildman–Crippen LogP) is 5.01. The number of benzene rings is 1. The molecule has 0 amide bonds. The SMILES string of the molecule is CC1(C)CCCC2(C)C(COCc3ccccc3)C(=O)CCC12. The molecule has 2 heteroatoms. The van der Waals surface area contributed by atoms with Crippen molar-refractivity contribution in [1.29, 1.82) is 0 Å². The van der Waals surface area contributed by atoms with Crippen LogP contribution in [0.25, 0.3) is 0 Å². The van der Waals surface area contributed by atoms with E-state index in [-0.39, 0.29) is 11.3 Å². The molecule has 3 unspecified atom stereocenters. The molecule has 0 radical (unpaired) electrons. The van der Waals surface area contributed by atoms with Gasteiger partial charge in [0.15, 0.2) is 0 Å². The first-order chi connectivity index (χ1) is 10.9. The summed E-state index contributed by atoms with van der Waals surface area (Å²) >= 11 is 0. The Hall–Kier alpha value is -1.15. The monoisotopic (exact) mass is 314 g/mol. The van der Waals surface area contributed by atoms with E-state index in [2.05, 4.69) is 32.9 Å². The van der Waals surface area contributed by atoms with Crippen LogP contribution in [-0.2, 0) is 16.1 Å². The lowest BCUT2D eigenvalue weighted by atomic mass is 9.48. The Morgan fingerprint density at radius 1 is 1.13 bits per heavy atom. The van der Waals surface area contributed by atoms with Gasteiger partial charge in [0, 0.05) is 12.3 Å². The number of fused-ring (bicyclic) bond motifs is 1. The molecule has 0 saturated heterocycles. The average Bonchev–Trinajstić information content (AvgIpc) is 2.50. The molecular weight excluding hydrogens is 284 g/mol. The molecule has 1 aromatic rings. The Morgan fingerprint density at radius 2 is 1.87 bits per heavy atom. The second-order valence-corrected chi connectivity index (χ2v) is 8.46. The van der Waals surface area contributed by atoms with Gasteiger partial charge in [-0.05, 0) is 41.6 Å². The van der Waals surface area contributed by atoms with Crippen LogP contribution in [0.3, 0.4) is 0 Å². The van der Waals surface area contributed by atoms with Gasteiger partial charge in [-0.3, -0.25) is 4.79 Å². The zero-order chi connectivity index (χ0) is 16.5. The summed E-state index contributed by atoms with van der Waals surface area (Å²) in [4.78, 5) is 12.6. The maximum Gasteiger partial charge on any atom is 0.138 e. The smallest absolute Gasteiger partial charge is 0.138 e. The number of hydrogen-bond donors (Lipinski definition) is 0. The van der Waals surface area contributed by atoms with Crippen LogP contribution in [0.1, 0.15) is 58.4 Å². The second kappa shape index (κ2) is 6.39. The van der Waals surface area contributed by atoms with Crippen molar-refractivity contribution in [3.05, 3.63) is 35.9 Å². The topological polar surface area (TPSA) is 26.3 Å². The van der Waals surface area contributed by atoms with Gasteiger partial charge in [0.1, 0.15) is 5.78 Å². The quantitative estimate of drug-likeness (QED) is 0.780. The molecule has 2 aliphatic rings. The van der Waals surface area contributed by atoms with E-state index in [1.165, 1.54) is 24.8 Å². The zero-order valence-electron chi connectivity index (χ0n) is 14.8. The van der Waals surface area contributed by atoms with Crippen molar-refractivity contribution in [2.45, 2.75) is 59.5 Å². The largest absolute Gasteiger partial charge is 0.376 e. The number of ketones is 1. The van der Waals surface area contributed by atoms with E-state index in [0.717, 1.165) is 12.8 Å². The van der Waals surface area contributed by atoms with Crippen LogP contribution >= 0.6 is 0 Å². The lowest BCUT2D eigenvalue weighted by Gasteiger charge is -2.56.